The lowest BCUT2D eigenvalue weighted by molar-refractivity contribution is 0.00578. The molecule has 0 radical (unpaired) electrons. The van der Waals surface area contributed by atoms with Crippen LogP contribution in [0, 0.1) is 0 Å². The Kier molecular flexibility index (Phi) is 4.52. The van der Waals surface area contributed by atoms with Crippen molar-refractivity contribution in [3.63, 3.8) is 0 Å². The molecule has 0 unspecified atom stereocenters. The van der Waals surface area contributed by atoms with E-state index in [1.54, 1.807) is 26.8 Å². The van der Waals surface area contributed by atoms with Crippen LogP contribution in [0.2, 0.25) is 0 Å². The third-order valence-electron chi connectivity index (χ3n) is 5.10. The average molecular weight is 371 g/mol. The number of carbonyl (C=O) groups excluding carboxylic acids is 2. The van der Waals surface area contributed by atoms with Gasteiger partial charge in [-0.15, -0.1) is 0 Å². The molecule has 2 aromatic rings. The molecule has 1 aliphatic rings. The van der Waals surface area contributed by atoms with E-state index in [2.05, 4.69) is 0 Å². The summed E-state index contributed by atoms with van der Waals surface area (Å²) in [7, 11) is -0.555. The molecule has 0 atom stereocenters. The summed E-state index contributed by atoms with van der Waals surface area (Å²) < 4.78 is 19.0. The van der Waals surface area contributed by atoms with E-state index in [0.29, 0.717) is 16.5 Å². The second-order valence-corrected chi connectivity index (χ2v) is 8.92. The first-order valence-electron chi connectivity index (χ1n) is 9.04. The van der Waals surface area contributed by atoms with Gasteiger partial charge in [-0.25, -0.2) is 4.79 Å². The van der Waals surface area contributed by atoms with Crippen LogP contribution in [0.3, 0.4) is 0 Å². The third-order valence-corrected chi connectivity index (χ3v) is 5.10. The number of hydrogen-bond acceptors (Lipinski definition) is 5. The third kappa shape index (κ3) is 3.54. The van der Waals surface area contributed by atoms with E-state index in [1.165, 1.54) is 10.8 Å². The zero-order chi connectivity index (χ0) is 20.2. The molecular weight excluding hydrogens is 345 g/mol. The van der Waals surface area contributed by atoms with Crippen LogP contribution in [-0.4, -0.2) is 40.9 Å². The zero-order valence-electron chi connectivity index (χ0n) is 17.0. The maximum atomic E-state index is 12.6. The van der Waals surface area contributed by atoms with Crippen molar-refractivity contribution in [1.29, 1.82) is 0 Å². The number of fused-ring (bicyclic) bond motifs is 1. The minimum absolute atomic E-state index is 0.427. The van der Waals surface area contributed by atoms with Gasteiger partial charge in [0.25, 0.3) is 0 Å². The van der Waals surface area contributed by atoms with Gasteiger partial charge in [-0.1, -0.05) is 12.1 Å². The second kappa shape index (κ2) is 6.21. The zero-order valence-corrected chi connectivity index (χ0v) is 17.0. The molecule has 0 amide bonds. The highest BCUT2D eigenvalue weighted by atomic mass is 16.7. The Hall–Kier alpha value is -2.12. The molecule has 27 heavy (non-hydrogen) atoms. The predicted molar refractivity (Wildman–Crippen MR) is 105 cm³/mol. The van der Waals surface area contributed by atoms with Crippen LogP contribution >= 0.6 is 0 Å². The van der Waals surface area contributed by atoms with Crippen LogP contribution < -0.4 is 5.46 Å². The van der Waals surface area contributed by atoms with E-state index >= 15 is 0 Å². The molecule has 2 heterocycles. The molecule has 0 aliphatic carbocycles. The SMILES string of the molecule is CC(C)(C)OC(=O)n1cc(C=O)c2ccc(B3OC(C)(C)C(C)(C)O3)cc21. The highest BCUT2D eigenvalue weighted by Gasteiger charge is 2.51. The Morgan fingerprint density at radius 3 is 2.26 bits per heavy atom. The maximum absolute atomic E-state index is 12.6. The molecule has 0 bridgehead atoms. The number of ether oxygens (including phenoxy) is 1. The molecule has 1 aromatic carbocycles. The van der Waals surface area contributed by atoms with Crippen molar-refractivity contribution in [2.24, 2.45) is 0 Å². The number of benzene rings is 1. The molecular formula is C20H26BNO5. The molecule has 6 nitrogen and oxygen atoms in total. The predicted octanol–water partition coefficient (Wildman–Crippen LogP) is 3.54. The summed E-state index contributed by atoms with van der Waals surface area (Å²) in [5.41, 5.74) is 0.219. The highest BCUT2D eigenvalue weighted by Crippen LogP contribution is 2.36. The summed E-state index contributed by atoms with van der Waals surface area (Å²) in [5, 5.41) is 0.677. The molecule has 1 saturated heterocycles. The Bertz CT molecular complexity index is 891. The van der Waals surface area contributed by atoms with Crippen molar-refractivity contribution in [2.45, 2.75) is 65.3 Å². The van der Waals surface area contributed by atoms with Crippen LogP contribution in [0.1, 0.15) is 58.8 Å². The first-order valence-corrected chi connectivity index (χ1v) is 9.04. The summed E-state index contributed by atoms with van der Waals surface area (Å²) in [6.45, 7) is 13.3. The smallest absolute Gasteiger partial charge is 0.443 e. The summed E-state index contributed by atoms with van der Waals surface area (Å²) in [6, 6.07) is 5.48. The second-order valence-electron chi connectivity index (χ2n) is 8.92. The highest BCUT2D eigenvalue weighted by molar-refractivity contribution is 6.62. The minimum Gasteiger partial charge on any atom is -0.443 e. The molecule has 144 valence electrons. The standard InChI is InChI=1S/C20H26BNO5/c1-18(2,3)25-17(24)22-11-13(12-23)15-9-8-14(10-16(15)22)21-26-19(4,5)20(6,7)27-21/h8-12H,1-7H3. The van der Waals surface area contributed by atoms with Crippen molar-refractivity contribution >= 4 is 35.9 Å². The summed E-state index contributed by atoms with van der Waals surface area (Å²) in [4.78, 5) is 24.0. The van der Waals surface area contributed by atoms with E-state index in [0.717, 1.165) is 11.7 Å². The van der Waals surface area contributed by atoms with Gasteiger partial charge in [0.05, 0.1) is 16.7 Å². The topological polar surface area (TPSA) is 66.8 Å². The van der Waals surface area contributed by atoms with Crippen molar-refractivity contribution < 1.29 is 23.6 Å². The number of carbonyl (C=O) groups is 2. The molecule has 0 N–H and O–H groups in total. The van der Waals surface area contributed by atoms with Crippen molar-refractivity contribution in [3.8, 4) is 0 Å². The van der Waals surface area contributed by atoms with E-state index in [9.17, 15) is 9.59 Å². The number of rotatable bonds is 2. The van der Waals surface area contributed by atoms with Gasteiger partial charge in [-0.2, -0.15) is 0 Å². The van der Waals surface area contributed by atoms with Gasteiger partial charge in [0, 0.05) is 17.1 Å². The van der Waals surface area contributed by atoms with E-state index in [-0.39, 0.29) is 0 Å². The molecule has 1 aliphatic heterocycles. The quantitative estimate of drug-likeness (QED) is 0.597. The van der Waals surface area contributed by atoms with Gasteiger partial charge in [0.1, 0.15) is 5.60 Å². The Labute approximate surface area is 159 Å². The summed E-state index contributed by atoms with van der Waals surface area (Å²) in [6.07, 6.45) is 1.70. The fourth-order valence-electron chi connectivity index (χ4n) is 2.95. The molecule has 0 spiro atoms. The fourth-order valence-corrected chi connectivity index (χ4v) is 2.95. The van der Waals surface area contributed by atoms with Crippen LogP contribution in [0.5, 0.6) is 0 Å². The van der Waals surface area contributed by atoms with Crippen molar-refractivity contribution in [2.75, 3.05) is 0 Å². The number of hydrogen-bond donors (Lipinski definition) is 0. The first-order chi connectivity index (χ1) is 12.3. The molecule has 3 rings (SSSR count). The molecule has 0 saturated carbocycles. The normalized spacial score (nSPS) is 18.7. The minimum atomic E-state index is -0.641. The van der Waals surface area contributed by atoms with Crippen LogP contribution in [0.15, 0.2) is 24.4 Å². The molecule has 1 aromatic heterocycles. The van der Waals surface area contributed by atoms with Crippen LogP contribution in [0.4, 0.5) is 4.79 Å². The van der Waals surface area contributed by atoms with Gasteiger partial charge in [0.2, 0.25) is 0 Å². The van der Waals surface area contributed by atoms with Crippen molar-refractivity contribution in [1.82, 2.24) is 4.57 Å². The summed E-state index contributed by atoms with van der Waals surface area (Å²) >= 11 is 0. The van der Waals surface area contributed by atoms with E-state index in [1.807, 2.05) is 39.8 Å². The summed E-state index contributed by atoms with van der Waals surface area (Å²) in [5.74, 6) is 0. The van der Waals surface area contributed by atoms with Crippen LogP contribution in [-0.2, 0) is 14.0 Å². The van der Waals surface area contributed by atoms with Crippen LogP contribution in [0.25, 0.3) is 10.9 Å². The van der Waals surface area contributed by atoms with E-state index < -0.39 is 30.0 Å². The Balaban J connectivity index is 2.05. The molecule has 7 heteroatoms. The number of nitrogens with zero attached hydrogens (tertiary/aromatic N) is 1. The maximum Gasteiger partial charge on any atom is 0.494 e. The molecule has 1 fully saturated rings. The number of aldehydes is 1. The lowest BCUT2D eigenvalue weighted by Crippen LogP contribution is -2.41. The Morgan fingerprint density at radius 2 is 1.74 bits per heavy atom. The lowest BCUT2D eigenvalue weighted by Gasteiger charge is -2.32. The van der Waals surface area contributed by atoms with E-state index in [4.69, 9.17) is 14.0 Å². The van der Waals surface area contributed by atoms with Gasteiger partial charge >= 0.3 is 13.2 Å². The lowest BCUT2D eigenvalue weighted by atomic mass is 9.79. The first kappa shape index (κ1) is 19.6. The van der Waals surface area contributed by atoms with Crippen molar-refractivity contribution in [3.05, 3.63) is 30.0 Å². The van der Waals surface area contributed by atoms with Gasteiger partial charge in [-0.05, 0) is 60.0 Å². The number of aromatic nitrogens is 1. The van der Waals surface area contributed by atoms with Gasteiger partial charge in [-0.3, -0.25) is 9.36 Å². The van der Waals surface area contributed by atoms with Gasteiger partial charge in [0.15, 0.2) is 6.29 Å². The van der Waals surface area contributed by atoms with Gasteiger partial charge < -0.3 is 14.0 Å². The average Bonchev–Trinajstić information content (AvgIpc) is 2.99. The Morgan fingerprint density at radius 1 is 1.15 bits per heavy atom. The largest absolute Gasteiger partial charge is 0.494 e. The fraction of sp³-hybridized carbons (Fsp3) is 0.500. The monoisotopic (exact) mass is 371 g/mol.